The Kier molecular flexibility index (Phi) is 12.0. The molecule has 0 bridgehead atoms. The van der Waals surface area contributed by atoms with E-state index in [1.54, 1.807) is 32.0 Å². The molecule has 0 saturated carbocycles. The molecule has 1 aliphatic rings. The number of nitrogens with zero attached hydrogens (tertiary/aromatic N) is 2. The van der Waals surface area contributed by atoms with Crippen molar-refractivity contribution >= 4 is 47.1 Å². The smallest absolute Gasteiger partial charge is 0.423 e. The van der Waals surface area contributed by atoms with Crippen molar-refractivity contribution in [1.82, 2.24) is 15.1 Å². The van der Waals surface area contributed by atoms with E-state index in [1.165, 1.54) is 25.3 Å². The second-order valence-electron chi connectivity index (χ2n) is 11.3. The Bertz CT molecular complexity index is 1650. The predicted octanol–water partition coefficient (Wildman–Crippen LogP) is 3.34. The van der Waals surface area contributed by atoms with Gasteiger partial charge in [-0.05, 0) is 23.6 Å². The van der Waals surface area contributed by atoms with Crippen LogP contribution in [0.25, 0.3) is 5.70 Å². The molecular formula is C33H34F3N3O10. The zero-order chi connectivity index (χ0) is 36.8. The van der Waals surface area contributed by atoms with Gasteiger partial charge in [0.25, 0.3) is 11.7 Å². The zero-order valence-corrected chi connectivity index (χ0v) is 27.4. The summed E-state index contributed by atoms with van der Waals surface area (Å²) >= 11 is 0. The summed E-state index contributed by atoms with van der Waals surface area (Å²) in [6.45, 7) is 6.56. The third-order valence-corrected chi connectivity index (χ3v) is 6.95. The molecule has 0 spiro atoms. The lowest BCUT2D eigenvalue weighted by atomic mass is 9.96. The Hall–Kier alpha value is -5.54. The van der Waals surface area contributed by atoms with Crippen LogP contribution in [0, 0.1) is 5.92 Å². The quantitative estimate of drug-likeness (QED) is 0.273. The van der Waals surface area contributed by atoms with Crippen molar-refractivity contribution in [3.8, 4) is 17.2 Å². The third kappa shape index (κ3) is 9.74. The molecule has 2 aromatic carbocycles. The van der Waals surface area contributed by atoms with Crippen LogP contribution >= 0.6 is 0 Å². The summed E-state index contributed by atoms with van der Waals surface area (Å²) in [6, 6.07) is 6.65. The van der Waals surface area contributed by atoms with Crippen LogP contribution in [-0.2, 0) is 40.0 Å². The molecule has 3 amide bonds. The maximum atomic E-state index is 14.0. The molecule has 0 fully saturated rings. The van der Waals surface area contributed by atoms with Crippen LogP contribution in [0.4, 0.5) is 13.2 Å². The van der Waals surface area contributed by atoms with Crippen molar-refractivity contribution in [2.24, 2.45) is 5.92 Å². The largest absolute Gasteiger partial charge is 0.452 e. The second kappa shape index (κ2) is 15.6. The highest BCUT2D eigenvalue weighted by atomic mass is 19.4. The molecule has 3 rings (SSSR count). The maximum Gasteiger partial charge on any atom is 0.452 e. The average molecular weight is 690 g/mol. The molecule has 262 valence electrons. The van der Waals surface area contributed by atoms with Gasteiger partial charge < -0.3 is 24.4 Å². The topological polar surface area (TPSA) is 166 Å². The molecule has 2 atom stereocenters. The zero-order valence-electron chi connectivity index (χ0n) is 27.4. The lowest BCUT2D eigenvalue weighted by Crippen LogP contribution is -2.57. The van der Waals surface area contributed by atoms with E-state index in [9.17, 15) is 46.7 Å². The van der Waals surface area contributed by atoms with Crippen molar-refractivity contribution in [1.29, 1.82) is 0 Å². The van der Waals surface area contributed by atoms with Gasteiger partial charge in [0, 0.05) is 45.9 Å². The number of carbonyl (C=O) groups is 7. The van der Waals surface area contributed by atoms with Crippen LogP contribution in [0.5, 0.6) is 17.2 Å². The Morgan fingerprint density at radius 3 is 1.84 bits per heavy atom. The number of esters is 3. The first kappa shape index (κ1) is 37.9. The van der Waals surface area contributed by atoms with Gasteiger partial charge >= 0.3 is 24.1 Å². The normalized spacial score (nSPS) is 15.3. The second-order valence-corrected chi connectivity index (χ2v) is 11.3. The molecule has 1 N–H and O–H groups in total. The van der Waals surface area contributed by atoms with E-state index in [0.29, 0.717) is 5.56 Å². The van der Waals surface area contributed by atoms with Crippen LogP contribution < -0.4 is 19.5 Å². The van der Waals surface area contributed by atoms with Crippen molar-refractivity contribution in [2.45, 2.75) is 66.2 Å². The highest BCUT2D eigenvalue weighted by Gasteiger charge is 2.45. The number of halogens is 3. The number of Topliss-reactive ketones (excluding diaryl/α,β-unsaturated/α-hetero) is 1. The highest BCUT2D eigenvalue weighted by molar-refractivity contribution is 6.01. The molecule has 0 radical (unpaired) electrons. The molecule has 2 unspecified atom stereocenters. The van der Waals surface area contributed by atoms with Crippen LogP contribution in [0.2, 0.25) is 0 Å². The average Bonchev–Trinajstić information content (AvgIpc) is 2.97. The number of hydrogen-bond acceptors (Lipinski definition) is 10. The van der Waals surface area contributed by atoms with Crippen LogP contribution in [0.15, 0.2) is 48.7 Å². The molecular weight excluding hydrogens is 655 g/mol. The summed E-state index contributed by atoms with van der Waals surface area (Å²) < 4.78 is 56.2. The van der Waals surface area contributed by atoms with Crippen molar-refractivity contribution < 1.29 is 60.9 Å². The molecule has 1 heterocycles. The summed E-state index contributed by atoms with van der Waals surface area (Å²) in [5, 5.41) is 2.09. The van der Waals surface area contributed by atoms with E-state index in [4.69, 9.17) is 14.2 Å². The summed E-state index contributed by atoms with van der Waals surface area (Å²) in [6.07, 6.45) is -4.61. The van der Waals surface area contributed by atoms with Gasteiger partial charge in [0.2, 0.25) is 17.6 Å². The Morgan fingerprint density at radius 1 is 0.857 bits per heavy atom. The molecule has 2 aromatic rings. The van der Waals surface area contributed by atoms with E-state index in [0.717, 1.165) is 42.7 Å². The summed E-state index contributed by atoms with van der Waals surface area (Å²) in [7, 11) is 0. The number of nitrogens with one attached hydrogen (secondary N) is 1. The van der Waals surface area contributed by atoms with E-state index >= 15 is 0 Å². The van der Waals surface area contributed by atoms with E-state index in [1.807, 2.05) is 0 Å². The molecule has 13 nitrogen and oxygen atoms in total. The first-order valence-corrected chi connectivity index (χ1v) is 14.8. The van der Waals surface area contributed by atoms with Crippen LogP contribution in [0.3, 0.4) is 0 Å². The fraction of sp³-hybridized carbons (Fsp3) is 0.364. The number of hydrogen-bond donors (Lipinski definition) is 1. The van der Waals surface area contributed by atoms with Gasteiger partial charge in [0.1, 0.15) is 18.6 Å². The highest BCUT2D eigenvalue weighted by Crippen LogP contribution is 2.43. The van der Waals surface area contributed by atoms with E-state index in [-0.39, 0.29) is 11.3 Å². The number of rotatable bonds is 11. The molecule has 16 heteroatoms. The van der Waals surface area contributed by atoms with E-state index in [2.05, 4.69) is 5.32 Å². The Labute approximate surface area is 278 Å². The van der Waals surface area contributed by atoms with Gasteiger partial charge in [0.15, 0.2) is 11.5 Å². The van der Waals surface area contributed by atoms with Gasteiger partial charge in [-0.15, -0.1) is 0 Å². The van der Waals surface area contributed by atoms with Crippen LogP contribution in [0.1, 0.15) is 52.7 Å². The predicted molar refractivity (Wildman–Crippen MR) is 164 cm³/mol. The molecule has 49 heavy (non-hydrogen) atoms. The van der Waals surface area contributed by atoms with Gasteiger partial charge in [-0.25, -0.2) is 0 Å². The minimum absolute atomic E-state index is 0.106. The number of alkyl halides is 3. The fourth-order valence-corrected chi connectivity index (χ4v) is 5.04. The monoisotopic (exact) mass is 689 g/mol. The Balaban J connectivity index is 2.19. The summed E-state index contributed by atoms with van der Waals surface area (Å²) in [4.78, 5) is 90.4. The molecule has 0 aromatic heterocycles. The third-order valence-electron chi connectivity index (χ3n) is 6.95. The minimum atomic E-state index is -5.30. The number of carbonyl (C=O) groups excluding carboxylic acids is 7. The standard InChI is InChI=1S/C33H34F3N3O10/c1-17(2)29-32(46)39(16-28(44)37-24(31(45)33(34,35)36)12-22-10-8-7-9-11-22)25(15-38(29)18(3)40)23-13-26(47-19(4)41)30(49-21(6)43)27(14-23)48-20(5)42/h7-11,13-15,17,24,29H,12,16H2,1-6H3,(H,37,44). The first-order valence-electron chi connectivity index (χ1n) is 14.8. The maximum absolute atomic E-state index is 14.0. The van der Waals surface area contributed by atoms with E-state index < -0.39 is 95.8 Å². The fourth-order valence-electron chi connectivity index (χ4n) is 5.04. The number of amides is 3. The Morgan fingerprint density at radius 2 is 1.39 bits per heavy atom. The SMILES string of the molecule is CC(=O)Oc1cc(C2=CN(C(C)=O)C(C(C)C)C(=O)N2CC(=O)NC(Cc2ccccc2)C(=O)C(F)(F)F)cc(OC(C)=O)c1OC(C)=O. The van der Waals surface area contributed by atoms with Gasteiger partial charge in [-0.3, -0.25) is 38.5 Å². The van der Waals surface area contributed by atoms with Crippen LogP contribution in [-0.4, -0.2) is 76.0 Å². The van der Waals surface area contributed by atoms with Gasteiger partial charge in [-0.2, -0.15) is 13.2 Å². The number of ketones is 1. The molecule has 0 aliphatic carbocycles. The van der Waals surface area contributed by atoms with Crippen molar-refractivity contribution in [3.05, 3.63) is 59.8 Å². The minimum Gasteiger partial charge on any atom is -0.423 e. The van der Waals surface area contributed by atoms with Gasteiger partial charge in [0.05, 0.1) is 5.70 Å². The summed E-state index contributed by atoms with van der Waals surface area (Å²) in [5.74, 6) is -9.39. The lowest BCUT2D eigenvalue weighted by Gasteiger charge is -2.40. The van der Waals surface area contributed by atoms with Crippen molar-refractivity contribution in [3.63, 3.8) is 0 Å². The molecule has 0 saturated heterocycles. The van der Waals surface area contributed by atoms with Crippen molar-refractivity contribution in [2.75, 3.05) is 6.54 Å². The van der Waals surface area contributed by atoms with Gasteiger partial charge in [-0.1, -0.05) is 44.2 Å². The number of benzene rings is 2. The molecule has 1 aliphatic heterocycles. The lowest BCUT2D eigenvalue weighted by molar-refractivity contribution is -0.173. The first-order chi connectivity index (χ1) is 22.8. The summed E-state index contributed by atoms with van der Waals surface area (Å²) in [5.41, 5.74) is -0.00345. The number of ether oxygens (including phenoxy) is 3.